The smallest absolute Gasteiger partial charge is 0.201 e. The van der Waals surface area contributed by atoms with E-state index in [4.69, 9.17) is 0 Å². The van der Waals surface area contributed by atoms with Crippen LogP contribution in [0.3, 0.4) is 0 Å². The minimum absolute atomic E-state index is 0.317. The van der Waals surface area contributed by atoms with Gasteiger partial charge in [-0.25, -0.2) is 19.9 Å². The fourth-order valence-electron chi connectivity index (χ4n) is 2.93. The summed E-state index contributed by atoms with van der Waals surface area (Å²) in [5, 5.41) is 16.3. The third-order valence-electron chi connectivity index (χ3n) is 4.15. The normalized spacial score (nSPS) is 10.7. The third kappa shape index (κ3) is 3.22. The van der Waals surface area contributed by atoms with Crippen molar-refractivity contribution in [1.29, 1.82) is 0 Å². The molecule has 10 heteroatoms. The van der Waals surface area contributed by atoms with Crippen LogP contribution in [-0.4, -0.2) is 50.3 Å². The van der Waals surface area contributed by atoms with Gasteiger partial charge in [-0.2, -0.15) is 15.3 Å². The summed E-state index contributed by atoms with van der Waals surface area (Å²) in [6.45, 7) is 0. The van der Waals surface area contributed by atoms with E-state index in [-0.39, 0.29) is 0 Å². The molecule has 0 aliphatic rings. The van der Waals surface area contributed by atoms with Gasteiger partial charge in [-0.05, 0) is 18.2 Å². The molecule has 0 amide bonds. The van der Waals surface area contributed by atoms with E-state index < -0.39 is 0 Å². The van der Waals surface area contributed by atoms with Crippen LogP contribution >= 0.6 is 0 Å². The fourth-order valence-corrected chi connectivity index (χ4v) is 2.93. The first kappa shape index (κ1) is 17.5. The van der Waals surface area contributed by atoms with Gasteiger partial charge < -0.3 is 0 Å². The highest BCUT2D eigenvalue weighted by atomic mass is 15.1. The molecule has 141 valence electrons. The van der Waals surface area contributed by atoms with Crippen molar-refractivity contribution in [3.63, 3.8) is 0 Å². The Morgan fingerprint density at radius 2 is 1.47 bits per heavy atom. The Bertz CT molecular complexity index is 1160. The number of hydrogen-bond donors (Lipinski definition) is 0. The van der Waals surface area contributed by atoms with Crippen LogP contribution in [0.5, 0.6) is 0 Å². The maximum atomic E-state index is 4.51. The van der Waals surface area contributed by atoms with E-state index in [0.29, 0.717) is 45.4 Å². The van der Waals surface area contributed by atoms with Crippen LogP contribution in [0.4, 0.5) is 0 Å². The van der Waals surface area contributed by atoms with E-state index in [0.717, 1.165) is 0 Å². The molecule has 0 aliphatic carbocycles. The number of rotatable bonds is 4. The van der Waals surface area contributed by atoms with Crippen molar-refractivity contribution in [3.05, 3.63) is 74.0 Å². The lowest BCUT2D eigenvalue weighted by atomic mass is 9.95. The van der Waals surface area contributed by atoms with Gasteiger partial charge in [0, 0.05) is 53.9 Å². The Balaban J connectivity index is 1.91. The van der Waals surface area contributed by atoms with Crippen LogP contribution in [0.25, 0.3) is 45.4 Å². The van der Waals surface area contributed by atoms with E-state index in [1.165, 1.54) is 6.20 Å². The lowest BCUT2D eigenvalue weighted by Crippen LogP contribution is -2.04. The van der Waals surface area contributed by atoms with Crippen molar-refractivity contribution >= 4 is 0 Å². The summed E-state index contributed by atoms with van der Waals surface area (Å²) >= 11 is 0. The zero-order valence-electron chi connectivity index (χ0n) is 15.3. The van der Waals surface area contributed by atoms with Crippen molar-refractivity contribution in [3.8, 4) is 45.4 Å². The van der Waals surface area contributed by atoms with Crippen molar-refractivity contribution in [2.75, 3.05) is 0 Å². The van der Waals surface area contributed by atoms with Gasteiger partial charge in [0.15, 0.2) is 5.82 Å². The second kappa shape index (κ2) is 7.80. The molecule has 0 unspecified atom stereocenters. The van der Waals surface area contributed by atoms with Gasteiger partial charge in [-0.1, -0.05) is 0 Å². The molecule has 0 fully saturated rings. The summed E-state index contributed by atoms with van der Waals surface area (Å²) < 4.78 is 0. The van der Waals surface area contributed by atoms with Crippen molar-refractivity contribution in [2.45, 2.75) is 0 Å². The lowest BCUT2D eigenvalue weighted by Gasteiger charge is -2.15. The van der Waals surface area contributed by atoms with Crippen LogP contribution in [0.15, 0.2) is 67.8 Å². The Morgan fingerprint density at radius 1 is 0.633 bits per heavy atom. The number of nitrogens with zero attached hydrogens (tertiary/aromatic N) is 10. The zero-order chi connectivity index (χ0) is 20.2. The SMILES string of the molecule is [c]1nc(-c2nccnn2)c(-c2cccnn2)c(-c2ncccn2)c1-c1cnccn1. The molecule has 5 heterocycles. The van der Waals surface area contributed by atoms with Crippen molar-refractivity contribution in [2.24, 2.45) is 0 Å². The molecule has 5 aromatic heterocycles. The number of pyridine rings is 1. The molecule has 10 nitrogen and oxygen atoms in total. The van der Waals surface area contributed by atoms with Crippen molar-refractivity contribution in [1.82, 2.24) is 50.3 Å². The van der Waals surface area contributed by atoms with E-state index in [1.54, 1.807) is 55.5 Å². The third-order valence-corrected chi connectivity index (χ3v) is 4.15. The standard InChI is InChI=1S/C20H11N10/c1-3-14(29-27-6-1)17-16(19-23-4-2-5-24-19)13(15-12-21-7-8-22-15)11-26-18(17)20-25-9-10-28-30-20/h1-10,12H. The van der Waals surface area contributed by atoms with Gasteiger partial charge in [-0.3, -0.25) is 9.97 Å². The molecule has 0 saturated heterocycles. The van der Waals surface area contributed by atoms with E-state index in [1.807, 2.05) is 6.07 Å². The Hall–Kier alpha value is -4.60. The van der Waals surface area contributed by atoms with E-state index in [9.17, 15) is 0 Å². The second-order valence-electron chi connectivity index (χ2n) is 5.94. The average Bonchev–Trinajstić information content (AvgIpc) is 2.85. The molecule has 0 N–H and O–H groups in total. The molecule has 1 radical (unpaired) electrons. The van der Waals surface area contributed by atoms with Crippen LogP contribution in [0.1, 0.15) is 0 Å². The van der Waals surface area contributed by atoms with E-state index >= 15 is 0 Å². The van der Waals surface area contributed by atoms with Crippen LogP contribution in [-0.2, 0) is 0 Å². The maximum Gasteiger partial charge on any atom is 0.201 e. The first-order valence-corrected chi connectivity index (χ1v) is 8.83. The first-order chi connectivity index (χ1) is 14.9. The molecular weight excluding hydrogens is 380 g/mol. The lowest BCUT2D eigenvalue weighted by molar-refractivity contribution is 0.967. The number of hydrogen-bond acceptors (Lipinski definition) is 10. The zero-order valence-corrected chi connectivity index (χ0v) is 15.3. The maximum absolute atomic E-state index is 4.51. The Labute approximate surface area is 170 Å². The molecule has 30 heavy (non-hydrogen) atoms. The van der Waals surface area contributed by atoms with Crippen LogP contribution < -0.4 is 0 Å². The highest BCUT2D eigenvalue weighted by Gasteiger charge is 2.25. The van der Waals surface area contributed by atoms with Gasteiger partial charge >= 0.3 is 0 Å². The molecule has 0 bridgehead atoms. The summed E-state index contributed by atoms with van der Waals surface area (Å²) in [7, 11) is 0. The van der Waals surface area contributed by atoms with Crippen LogP contribution in [0.2, 0.25) is 0 Å². The highest BCUT2D eigenvalue weighted by molar-refractivity contribution is 5.95. The fraction of sp³-hybridized carbons (Fsp3) is 0. The summed E-state index contributed by atoms with van der Waals surface area (Å²) in [5.41, 5.74) is 3.34. The summed E-state index contributed by atoms with van der Waals surface area (Å²) in [5.74, 6) is 0.764. The van der Waals surface area contributed by atoms with Gasteiger partial charge in [0.1, 0.15) is 11.9 Å². The predicted molar refractivity (Wildman–Crippen MR) is 105 cm³/mol. The minimum Gasteiger partial charge on any atom is -0.261 e. The first-order valence-electron chi connectivity index (χ1n) is 8.83. The molecule has 5 aromatic rings. The highest BCUT2D eigenvalue weighted by Crippen LogP contribution is 2.40. The molecule has 0 saturated carbocycles. The largest absolute Gasteiger partial charge is 0.261 e. The predicted octanol–water partition coefficient (Wildman–Crippen LogP) is 2.10. The van der Waals surface area contributed by atoms with Gasteiger partial charge in [0.25, 0.3) is 0 Å². The molecule has 0 atom stereocenters. The monoisotopic (exact) mass is 391 g/mol. The summed E-state index contributed by atoms with van der Waals surface area (Å²) in [6.07, 6.45) is 15.8. The molecular formula is C20H11N10. The second-order valence-corrected chi connectivity index (χ2v) is 5.94. The number of aromatic nitrogens is 10. The molecule has 5 rings (SSSR count). The van der Waals surface area contributed by atoms with Crippen molar-refractivity contribution < 1.29 is 0 Å². The van der Waals surface area contributed by atoms with Gasteiger partial charge in [0.05, 0.1) is 23.8 Å². The molecule has 0 spiro atoms. The Morgan fingerprint density at radius 3 is 2.20 bits per heavy atom. The van der Waals surface area contributed by atoms with Crippen LogP contribution in [0, 0.1) is 6.20 Å². The summed E-state index contributed by atoms with van der Waals surface area (Å²) in [6, 6.07) is 5.34. The molecule has 0 aliphatic heterocycles. The Kier molecular flexibility index (Phi) is 4.55. The molecule has 0 aromatic carbocycles. The van der Waals surface area contributed by atoms with Gasteiger partial charge in [0.2, 0.25) is 5.82 Å². The van der Waals surface area contributed by atoms with Gasteiger partial charge in [-0.15, -0.1) is 5.10 Å². The summed E-state index contributed by atoms with van der Waals surface area (Å²) in [4.78, 5) is 26.3. The van der Waals surface area contributed by atoms with E-state index in [2.05, 4.69) is 56.5 Å². The quantitative estimate of drug-likeness (QED) is 0.449. The topological polar surface area (TPSA) is 129 Å². The minimum atomic E-state index is 0.317. The average molecular weight is 391 g/mol.